The van der Waals surface area contributed by atoms with Gasteiger partial charge < -0.3 is 4.90 Å². The van der Waals surface area contributed by atoms with Gasteiger partial charge in [-0.2, -0.15) is 0 Å². The molecule has 18 heavy (non-hydrogen) atoms. The maximum Gasteiger partial charge on any atom is 0.253 e. The fraction of sp³-hybridized carbons (Fsp3) is 0.500. The van der Waals surface area contributed by atoms with Crippen LogP contribution in [-0.4, -0.2) is 23.9 Å². The highest BCUT2D eigenvalue weighted by Crippen LogP contribution is 2.29. The molecular weight excluding hydrogens is 361 g/mol. The number of benzene rings is 1. The Labute approximate surface area is 127 Å². The van der Waals surface area contributed by atoms with Crippen molar-refractivity contribution in [2.75, 3.05) is 13.1 Å². The SMILES string of the molecule is CC1(C)CCCN(C(=O)c2ccc(I)c(Cl)c2)C1. The molecule has 0 aromatic heterocycles. The molecule has 0 N–H and O–H groups in total. The highest BCUT2D eigenvalue weighted by Gasteiger charge is 2.29. The van der Waals surface area contributed by atoms with Gasteiger partial charge in [-0.25, -0.2) is 0 Å². The lowest BCUT2D eigenvalue weighted by Gasteiger charge is -2.38. The molecule has 1 heterocycles. The van der Waals surface area contributed by atoms with Crippen LogP contribution in [0.1, 0.15) is 37.0 Å². The number of carbonyl (C=O) groups is 1. The Kier molecular flexibility index (Phi) is 4.22. The van der Waals surface area contributed by atoms with Crippen LogP contribution in [0.2, 0.25) is 5.02 Å². The van der Waals surface area contributed by atoms with Crippen molar-refractivity contribution >= 4 is 40.1 Å². The van der Waals surface area contributed by atoms with Crippen molar-refractivity contribution in [2.24, 2.45) is 5.41 Å². The second-order valence-electron chi connectivity index (χ2n) is 5.62. The summed E-state index contributed by atoms with van der Waals surface area (Å²) in [6.07, 6.45) is 2.26. The third-order valence-corrected chi connectivity index (χ3v) is 4.93. The van der Waals surface area contributed by atoms with Crippen LogP contribution in [0.25, 0.3) is 0 Å². The molecule has 98 valence electrons. The molecule has 1 aromatic rings. The van der Waals surface area contributed by atoms with Crippen LogP contribution in [0.5, 0.6) is 0 Å². The molecule has 0 unspecified atom stereocenters. The number of hydrogen-bond acceptors (Lipinski definition) is 1. The van der Waals surface area contributed by atoms with Gasteiger partial charge in [0.05, 0.1) is 5.02 Å². The molecular formula is C14H17ClINO. The van der Waals surface area contributed by atoms with Gasteiger partial charge in [-0.15, -0.1) is 0 Å². The van der Waals surface area contributed by atoms with E-state index in [1.165, 1.54) is 6.42 Å². The maximum atomic E-state index is 12.4. The minimum absolute atomic E-state index is 0.0982. The van der Waals surface area contributed by atoms with Gasteiger partial charge in [-0.3, -0.25) is 4.79 Å². The van der Waals surface area contributed by atoms with E-state index in [0.717, 1.165) is 23.1 Å². The van der Waals surface area contributed by atoms with Crippen molar-refractivity contribution < 1.29 is 4.79 Å². The van der Waals surface area contributed by atoms with Gasteiger partial charge in [0.25, 0.3) is 5.91 Å². The molecule has 0 saturated carbocycles. The number of carbonyl (C=O) groups excluding carboxylic acids is 1. The predicted molar refractivity (Wildman–Crippen MR) is 83.1 cm³/mol. The Morgan fingerprint density at radius 1 is 1.44 bits per heavy atom. The van der Waals surface area contributed by atoms with E-state index < -0.39 is 0 Å². The lowest BCUT2D eigenvalue weighted by molar-refractivity contribution is 0.0583. The minimum Gasteiger partial charge on any atom is -0.338 e. The average Bonchev–Trinajstić information content (AvgIpc) is 2.30. The summed E-state index contributed by atoms with van der Waals surface area (Å²) in [4.78, 5) is 14.4. The highest BCUT2D eigenvalue weighted by molar-refractivity contribution is 14.1. The molecule has 1 aliphatic heterocycles. The molecule has 0 spiro atoms. The van der Waals surface area contributed by atoms with E-state index in [2.05, 4.69) is 36.4 Å². The number of rotatable bonds is 1. The predicted octanol–water partition coefficient (Wildman–Crippen LogP) is 4.21. The Morgan fingerprint density at radius 3 is 2.78 bits per heavy atom. The molecule has 1 fully saturated rings. The molecule has 1 aromatic carbocycles. The quantitative estimate of drug-likeness (QED) is 0.672. The Hall–Kier alpha value is -0.290. The fourth-order valence-corrected chi connectivity index (χ4v) is 2.92. The van der Waals surface area contributed by atoms with E-state index in [1.54, 1.807) is 6.07 Å². The van der Waals surface area contributed by atoms with Crippen LogP contribution in [0.15, 0.2) is 18.2 Å². The first-order chi connectivity index (χ1) is 8.39. The van der Waals surface area contributed by atoms with Gasteiger partial charge in [0.15, 0.2) is 0 Å². The number of hydrogen-bond donors (Lipinski definition) is 0. The second-order valence-corrected chi connectivity index (χ2v) is 7.19. The maximum absolute atomic E-state index is 12.4. The zero-order valence-electron chi connectivity index (χ0n) is 10.7. The van der Waals surface area contributed by atoms with Crippen molar-refractivity contribution in [1.29, 1.82) is 0 Å². The first-order valence-corrected chi connectivity index (χ1v) is 7.59. The van der Waals surface area contributed by atoms with Crippen LogP contribution >= 0.6 is 34.2 Å². The average molecular weight is 378 g/mol. The summed E-state index contributed by atoms with van der Waals surface area (Å²) in [5, 5.41) is 0.651. The second kappa shape index (κ2) is 5.37. The van der Waals surface area contributed by atoms with E-state index in [0.29, 0.717) is 10.6 Å². The summed E-state index contributed by atoms with van der Waals surface area (Å²) in [7, 11) is 0. The van der Waals surface area contributed by atoms with Crippen molar-refractivity contribution in [2.45, 2.75) is 26.7 Å². The Bertz CT molecular complexity index is 473. The molecule has 1 aliphatic rings. The minimum atomic E-state index is 0.0982. The first kappa shape index (κ1) is 14.1. The zero-order chi connectivity index (χ0) is 13.3. The third kappa shape index (κ3) is 3.18. The fourth-order valence-electron chi connectivity index (χ4n) is 2.41. The molecule has 0 radical (unpaired) electrons. The molecule has 0 atom stereocenters. The van der Waals surface area contributed by atoms with Gasteiger partial charge in [0.2, 0.25) is 0 Å². The standard InChI is InChI=1S/C14H17ClINO/c1-14(2)6-3-7-17(9-14)13(18)10-4-5-12(16)11(15)8-10/h4-5,8H,3,6-7,9H2,1-2H3. The van der Waals surface area contributed by atoms with Crippen molar-refractivity contribution in [1.82, 2.24) is 4.90 Å². The normalized spacial score (nSPS) is 18.8. The monoisotopic (exact) mass is 377 g/mol. The lowest BCUT2D eigenvalue weighted by Crippen LogP contribution is -2.43. The van der Waals surface area contributed by atoms with Gasteiger partial charge in [-0.1, -0.05) is 25.4 Å². The summed E-state index contributed by atoms with van der Waals surface area (Å²) in [5.41, 5.74) is 0.916. The highest BCUT2D eigenvalue weighted by atomic mass is 127. The molecule has 0 bridgehead atoms. The summed E-state index contributed by atoms with van der Waals surface area (Å²) in [6, 6.07) is 5.52. The van der Waals surface area contributed by atoms with E-state index >= 15 is 0 Å². The van der Waals surface area contributed by atoms with E-state index in [9.17, 15) is 4.79 Å². The molecule has 0 aliphatic carbocycles. The number of nitrogens with zero attached hydrogens (tertiary/aromatic N) is 1. The molecule has 4 heteroatoms. The van der Waals surface area contributed by atoms with Gasteiger partial charge in [0, 0.05) is 22.2 Å². The number of likely N-dealkylation sites (tertiary alicyclic amines) is 1. The van der Waals surface area contributed by atoms with E-state index in [1.807, 2.05) is 17.0 Å². The van der Waals surface area contributed by atoms with Gasteiger partial charge >= 0.3 is 0 Å². The Balaban J connectivity index is 2.18. The number of halogens is 2. The van der Waals surface area contributed by atoms with Crippen molar-refractivity contribution in [3.63, 3.8) is 0 Å². The molecule has 2 nitrogen and oxygen atoms in total. The summed E-state index contributed by atoms with van der Waals surface area (Å²) < 4.78 is 0.977. The smallest absolute Gasteiger partial charge is 0.253 e. The Morgan fingerprint density at radius 2 is 2.17 bits per heavy atom. The zero-order valence-corrected chi connectivity index (χ0v) is 13.6. The third-order valence-electron chi connectivity index (χ3n) is 3.35. The summed E-state index contributed by atoms with van der Waals surface area (Å²) in [5.74, 6) is 0.0982. The summed E-state index contributed by atoms with van der Waals surface area (Å²) in [6.45, 7) is 6.11. The molecule has 1 saturated heterocycles. The van der Waals surface area contributed by atoms with Crippen molar-refractivity contribution in [3.8, 4) is 0 Å². The van der Waals surface area contributed by atoms with Gasteiger partial charge in [-0.05, 0) is 59.0 Å². The van der Waals surface area contributed by atoms with E-state index in [-0.39, 0.29) is 11.3 Å². The van der Waals surface area contributed by atoms with Gasteiger partial charge in [0.1, 0.15) is 0 Å². The van der Waals surface area contributed by atoms with Crippen LogP contribution < -0.4 is 0 Å². The van der Waals surface area contributed by atoms with E-state index in [4.69, 9.17) is 11.6 Å². The van der Waals surface area contributed by atoms with Crippen molar-refractivity contribution in [3.05, 3.63) is 32.4 Å². The number of amides is 1. The first-order valence-electron chi connectivity index (χ1n) is 6.13. The molecule has 1 amide bonds. The summed E-state index contributed by atoms with van der Waals surface area (Å²) >= 11 is 8.24. The molecule has 2 rings (SSSR count). The topological polar surface area (TPSA) is 20.3 Å². The van der Waals surface area contributed by atoms with Crippen LogP contribution in [0.3, 0.4) is 0 Å². The lowest BCUT2D eigenvalue weighted by atomic mass is 9.84. The number of piperidine rings is 1. The van der Waals surface area contributed by atoms with Crippen LogP contribution in [-0.2, 0) is 0 Å². The largest absolute Gasteiger partial charge is 0.338 e. The van der Waals surface area contributed by atoms with Crippen LogP contribution in [0, 0.1) is 8.99 Å². The van der Waals surface area contributed by atoms with Crippen LogP contribution in [0.4, 0.5) is 0 Å².